The van der Waals surface area contributed by atoms with Gasteiger partial charge in [-0.2, -0.15) is 0 Å². The van der Waals surface area contributed by atoms with Crippen LogP contribution in [0.4, 0.5) is 0 Å². The third-order valence-electron chi connectivity index (χ3n) is 9.24. The van der Waals surface area contributed by atoms with Crippen molar-refractivity contribution in [2.75, 3.05) is 13.2 Å². The van der Waals surface area contributed by atoms with Crippen molar-refractivity contribution in [1.29, 1.82) is 0 Å². The van der Waals surface area contributed by atoms with Crippen LogP contribution in [0, 0.1) is 0 Å². The summed E-state index contributed by atoms with van der Waals surface area (Å²) >= 11 is 0. The summed E-state index contributed by atoms with van der Waals surface area (Å²) < 4.78 is 16.3. The van der Waals surface area contributed by atoms with Crippen LogP contribution in [0.25, 0.3) is 0 Å². The first kappa shape index (κ1) is 47.1. The fourth-order valence-electron chi connectivity index (χ4n) is 6.06. The van der Waals surface area contributed by atoms with E-state index in [9.17, 15) is 14.4 Å². The van der Waals surface area contributed by atoms with Crippen LogP contribution in [-0.2, 0) is 28.6 Å². The van der Waals surface area contributed by atoms with Crippen molar-refractivity contribution in [3.05, 3.63) is 12.2 Å². The second-order valence-corrected chi connectivity index (χ2v) is 14.3. The molecule has 0 heterocycles. The first-order valence-electron chi connectivity index (χ1n) is 21.2. The molecule has 49 heavy (non-hydrogen) atoms. The molecule has 0 fully saturated rings. The molecule has 0 saturated carbocycles. The molecule has 1 atom stereocenters. The molecule has 288 valence electrons. The number of rotatable bonds is 38. The Morgan fingerprint density at radius 3 is 1.06 bits per heavy atom. The van der Waals surface area contributed by atoms with E-state index in [1.807, 2.05) is 6.92 Å². The number of allylic oxidation sites excluding steroid dienone is 2. The number of hydrogen-bond donors (Lipinski definition) is 0. The summed E-state index contributed by atoms with van der Waals surface area (Å²) in [5, 5.41) is 0. The Morgan fingerprint density at radius 1 is 0.388 bits per heavy atom. The summed E-state index contributed by atoms with van der Waals surface area (Å²) in [6, 6.07) is 0. The van der Waals surface area contributed by atoms with E-state index >= 15 is 0 Å². The minimum absolute atomic E-state index is 0.0757. The summed E-state index contributed by atoms with van der Waals surface area (Å²) in [6.07, 6.45) is 40.5. The lowest BCUT2D eigenvalue weighted by atomic mass is 10.0. The van der Waals surface area contributed by atoms with Crippen LogP contribution >= 0.6 is 0 Å². The maximum Gasteiger partial charge on any atom is 0.306 e. The van der Waals surface area contributed by atoms with Gasteiger partial charge in [-0.15, -0.1) is 0 Å². The summed E-state index contributed by atoms with van der Waals surface area (Å²) in [5.74, 6) is -0.941. The van der Waals surface area contributed by atoms with Gasteiger partial charge in [0.25, 0.3) is 0 Å². The molecule has 0 aliphatic heterocycles. The van der Waals surface area contributed by atoms with Gasteiger partial charge in [0, 0.05) is 19.3 Å². The number of hydrogen-bond acceptors (Lipinski definition) is 6. The van der Waals surface area contributed by atoms with Crippen LogP contribution in [-0.4, -0.2) is 37.2 Å². The lowest BCUT2D eigenvalue weighted by Crippen LogP contribution is -2.30. The lowest BCUT2D eigenvalue weighted by Gasteiger charge is -2.18. The minimum Gasteiger partial charge on any atom is -0.462 e. The Morgan fingerprint density at radius 2 is 0.714 bits per heavy atom. The van der Waals surface area contributed by atoms with Gasteiger partial charge in [0.05, 0.1) is 0 Å². The lowest BCUT2D eigenvalue weighted by molar-refractivity contribution is -0.166. The maximum atomic E-state index is 12.3. The summed E-state index contributed by atoms with van der Waals surface area (Å²) in [4.78, 5) is 36.7. The quantitative estimate of drug-likeness (QED) is 0.0277. The molecule has 0 saturated heterocycles. The monoisotopic (exact) mass is 693 g/mol. The van der Waals surface area contributed by atoms with E-state index in [2.05, 4.69) is 26.0 Å². The van der Waals surface area contributed by atoms with Gasteiger partial charge in [-0.05, 0) is 44.9 Å². The first-order valence-corrected chi connectivity index (χ1v) is 21.2. The van der Waals surface area contributed by atoms with Crippen molar-refractivity contribution >= 4 is 17.9 Å². The van der Waals surface area contributed by atoms with Gasteiger partial charge in [0.1, 0.15) is 13.2 Å². The predicted octanol–water partition coefficient (Wildman–Crippen LogP) is 13.1. The topological polar surface area (TPSA) is 78.9 Å². The summed E-state index contributed by atoms with van der Waals surface area (Å²) in [7, 11) is 0. The van der Waals surface area contributed by atoms with Gasteiger partial charge >= 0.3 is 17.9 Å². The van der Waals surface area contributed by atoms with Gasteiger partial charge in [-0.25, -0.2) is 0 Å². The van der Waals surface area contributed by atoms with E-state index < -0.39 is 6.10 Å². The highest BCUT2D eigenvalue weighted by Crippen LogP contribution is 2.15. The van der Waals surface area contributed by atoms with Crippen molar-refractivity contribution < 1.29 is 28.6 Å². The molecular weight excluding hydrogens is 612 g/mol. The Kier molecular flexibility index (Phi) is 37.5. The van der Waals surface area contributed by atoms with Gasteiger partial charge in [0.2, 0.25) is 0 Å². The van der Waals surface area contributed by atoms with E-state index in [4.69, 9.17) is 14.2 Å². The number of esters is 3. The SMILES string of the molecule is CCCCCCCC/C=C\CCCCCCCC(=O)OCC(COC(=O)CCCCCCCCCCCCCCCCC)OC(=O)CCC. The standard InChI is InChI=1S/C43H80O6/c1-4-7-9-11-13-15-17-19-21-23-25-27-29-31-33-36-41(44)47-38-40(49-43(46)35-6-3)39-48-42(45)37-34-32-30-28-26-24-22-20-18-16-14-12-10-8-5-2/h19,21,40H,4-18,20,22-39H2,1-3H3/b21-19-. The summed E-state index contributed by atoms with van der Waals surface area (Å²) in [5.41, 5.74) is 0. The predicted molar refractivity (Wildman–Crippen MR) is 206 cm³/mol. The Bertz CT molecular complexity index is 763. The minimum atomic E-state index is -0.762. The third-order valence-corrected chi connectivity index (χ3v) is 9.24. The highest BCUT2D eigenvalue weighted by molar-refractivity contribution is 5.71. The Balaban J connectivity index is 3.90. The van der Waals surface area contributed by atoms with E-state index in [0.29, 0.717) is 19.3 Å². The zero-order chi connectivity index (χ0) is 35.9. The molecule has 0 aromatic rings. The van der Waals surface area contributed by atoms with Gasteiger partial charge in [-0.1, -0.05) is 174 Å². The number of carbonyl (C=O) groups excluding carboxylic acids is 3. The van der Waals surface area contributed by atoms with E-state index in [1.165, 1.54) is 135 Å². The highest BCUT2D eigenvalue weighted by atomic mass is 16.6. The van der Waals surface area contributed by atoms with Crippen LogP contribution < -0.4 is 0 Å². The highest BCUT2D eigenvalue weighted by Gasteiger charge is 2.19. The zero-order valence-corrected chi connectivity index (χ0v) is 32.7. The maximum absolute atomic E-state index is 12.3. The average Bonchev–Trinajstić information content (AvgIpc) is 3.09. The number of unbranched alkanes of at least 4 members (excludes halogenated alkanes) is 25. The van der Waals surface area contributed by atoms with Crippen molar-refractivity contribution in [2.45, 2.75) is 232 Å². The number of carbonyl (C=O) groups is 3. The normalized spacial score (nSPS) is 12.0. The molecular formula is C43H80O6. The fraction of sp³-hybridized carbons (Fsp3) is 0.884. The molecule has 0 spiro atoms. The molecule has 0 bridgehead atoms. The third kappa shape index (κ3) is 37.2. The zero-order valence-electron chi connectivity index (χ0n) is 32.7. The van der Waals surface area contributed by atoms with Crippen molar-refractivity contribution in [3.63, 3.8) is 0 Å². The van der Waals surface area contributed by atoms with Crippen molar-refractivity contribution in [1.82, 2.24) is 0 Å². The van der Waals surface area contributed by atoms with Crippen molar-refractivity contribution in [2.24, 2.45) is 0 Å². The molecule has 0 amide bonds. The van der Waals surface area contributed by atoms with Crippen LogP contribution in [0.1, 0.15) is 226 Å². The Hall–Kier alpha value is -1.85. The molecule has 1 unspecified atom stereocenters. The van der Waals surface area contributed by atoms with Crippen molar-refractivity contribution in [3.8, 4) is 0 Å². The van der Waals surface area contributed by atoms with Crippen LogP contribution in [0.15, 0.2) is 12.2 Å². The Labute approximate surface area is 303 Å². The smallest absolute Gasteiger partial charge is 0.306 e. The van der Waals surface area contributed by atoms with E-state index in [0.717, 1.165) is 44.9 Å². The van der Waals surface area contributed by atoms with E-state index in [1.54, 1.807) is 0 Å². The van der Waals surface area contributed by atoms with Crippen LogP contribution in [0.5, 0.6) is 0 Å². The molecule has 0 radical (unpaired) electrons. The first-order chi connectivity index (χ1) is 24.0. The summed E-state index contributed by atoms with van der Waals surface area (Å²) in [6.45, 7) is 6.28. The molecule has 0 rings (SSSR count). The van der Waals surface area contributed by atoms with E-state index in [-0.39, 0.29) is 37.5 Å². The largest absolute Gasteiger partial charge is 0.462 e. The molecule has 0 aliphatic rings. The molecule has 6 heteroatoms. The fourth-order valence-corrected chi connectivity index (χ4v) is 6.06. The number of ether oxygens (including phenoxy) is 3. The molecule has 0 aromatic heterocycles. The average molecular weight is 693 g/mol. The molecule has 6 nitrogen and oxygen atoms in total. The molecule has 0 aromatic carbocycles. The molecule has 0 aliphatic carbocycles. The van der Waals surface area contributed by atoms with Gasteiger partial charge in [-0.3, -0.25) is 14.4 Å². The second-order valence-electron chi connectivity index (χ2n) is 14.3. The second kappa shape index (κ2) is 38.9. The van der Waals surface area contributed by atoms with Gasteiger partial charge in [0.15, 0.2) is 6.10 Å². The molecule has 0 N–H and O–H groups in total. The van der Waals surface area contributed by atoms with Crippen LogP contribution in [0.3, 0.4) is 0 Å². The van der Waals surface area contributed by atoms with Gasteiger partial charge < -0.3 is 14.2 Å². The van der Waals surface area contributed by atoms with Crippen LogP contribution in [0.2, 0.25) is 0 Å².